The number of non-ortho nitro benzene ring substituents is 1. The summed E-state index contributed by atoms with van der Waals surface area (Å²) in [6, 6.07) is 10.6. The summed E-state index contributed by atoms with van der Waals surface area (Å²) >= 11 is 0. The van der Waals surface area contributed by atoms with E-state index in [1.807, 2.05) is 6.92 Å². The van der Waals surface area contributed by atoms with Crippen LogP contribution in [0.1, 0.15) is 49.8 Å². The molecule has 1 spiro atoms. The van der Waals surface area contributed by atoms with Crippen molar-refractivity contribution < 1.29 is 14.5 Å². The molecule has 1 N–H and O–H groups in total. The van der Waals surface area contributed by atoms with E-state index in [0.717, 1.165) is 16.8 Å². The summed E-state index contributed by atoms with van der Waals surface area (Å²) in [6.45, 7) is 8.82. The zero-order valence-corrected chi connectivity index (χ0v) is 17.6. The van der Waals surface area contributed by atoms with Crippen LogP contribution in [-0.4, -0.2) is 29.1 Å². The highest BCUT2D eigenvalue weighted by atomic mass is 16.6. The third-order valence-electron chi connectivity index (χ3n) is 7.11. The quantitative estimate of drug-likeness (QED) is 0.618. The van der Waals surface area contributed by atoms with E-state index in [2.05, 4.69) is 49.2 Å². The van der Waals surface area contributed by atoms with Crippen LogP contribution in [-0.2, 0) is 10.2 Å². The van der Waals surface area contributed by atoms with E-state index in [4.69, 9.17) is 4.74 Å². The third kappa shape index (κ3) is 2.18. The van der Waals surface area contributed by atoms with E-state index in [9.17, 15) is 14.9 Å². The number of nitro benzene ring substituents is 1. The number of hydrogen-bond donors (Lipinski definition) is 1. The molecular formula is C23H25N3O4. The second-order valence-corrected chi connectivity index (χ2v) is 9.03. The standard InChI is InChI=1S/C23H25N3O4/c1-5-24-21(27)20-16-12-23(30-19-9-7-14(26(28)29)11-15(16)19)22(3,4)17-10-13(2)6-8-18(17)25(20)23/h6-11,16,20H,5,12H2,1-4H3,(H,24,27)/t16-,20-,23+/m0/s1. The van der Waals surface area contributed by atoms with Gasteiger partial charge in [-0.1, -0.05) is 17.7 Å². The van der Waals surface area contributed by atoms with Crippen molar-refractivity contribution >= 4 is 17.3 Å². The predicted octanol–water partition coefficient (Wildman–Crippen LogP) is 3.78. The van der Waals surface area contributed by atoms with E-state index in [0.29, 0.717) is 18.7 Å². The molecule has 0 saturated carbocycles. The summed E-state index contributed by atoms with van der Waals surface area (Å²) in [6.07, 6.45) is 0.601. The number of rotatable bonds is 3. The normalized spacial score (nSPS) is 27.0. The van der Waals surface area contributed by atoms with Crippen LogP contribution in [0.4, 0.5) is 11.4 Å². The highest BCUT2D eigenvalue weighted by Crippen LogP contribution is 2.65. The number of anilines is 1. The van der Waals surface area contributed by atoms with Crippen LogP contribution < -0.4 is 15.0 Å². The summed E-state index contributed by atoms with van der Waals surface area (Å²) in [5, 5.41) is 14.4. The van der Waals surface area contributed by atoms with Gasteiger partial charge in [0.05, 0.1) is 10.3 Å². The number of benzene rings is 2. The molecule has 5 rings (SSSR count). The van der Waals surface area contributed by atoms with Gasteiger partial charge in [-0.25, -0.2) is 0 Å². The van der Waals surface area contributed by atoms with Gasteiger partial charge < -0.3 is 15.0 Å². The van der Waals surface area contributed by atoms with E-state index < -0.39 is 16.7 Å². The number of nitro groups is 1. The zero-order chi connectivity index (χ0) is 21.4. The maximum Gasteiger partial charge on any atom is 0.269 e. The molecule has 3 aliphatic rings. The first-order valence-electron chi connectivity index (χ1n) is 10.4. The average Bonchev–Trinajstić information content (AvgIpc) is 3.07. The van der Waals surface area contributed by atoms with Gasteiger partial charge in [-0.2, -0.15) is 0 Å². The molecule has 1 amide bonds. The van der Waals surface area contributed by atoms with Gasteiger partial charge in [0.15, 0.2) is 5.72 Å². The maximum absolute atomic E-state index is 13.3. The molecule has 2 aromatic rings. The second kappa shape index (κ2) is 5.97. The van der Waals surface area contributed by atoms with Crippen molar-refractivity contribution in [3.8, 4) is 5.75 Å². The number of nitrogens with one attached hydrogen (secondary N) is 1. The van der Waals surface area contributed by atoms with Crippen molar-refractivity contribution in [1.29, 1.82) is 0 Å². The van der Waals surface area contributed by atoms with E-state index in [-0.39, 0.29) is 22.9 Å². The molecule has 3 aliphatic heterocycles. The van der Waals surface area contributed by atoms with Crippen molar-refractivity contribution in [2.75, 3.05) is 11.4 Å². The van der Waals surface area contributed by atoms with E-state index in [1.165, 1.54) is 11.6 Å². The Morgan fingerprint density at radius 1 is 1.30 bits per heavy atom. The van der Waals surface area contributed by atoms with Gasteiger partial charge in [0.2, 0.25) is 5.91 Å². The van der Waals surface area contributed by atoms with Crippen LogP contribution in [0.2, 0.25) is 0 Å². The lowest BCUT2D eigenvalue weighted by atomic mass is 9.72. The number of ether oxygens (including phenoxy) is 1. The van der Waals surface area contributed by atoms with Crippen molar-refractivity contribution in [2.45, 2.75) is 57.2 Å². The Morgan fingerprint density at radius 3 is 2.77 bits per heavy atom. The van der Waals surface area contributed by atoms with Crippen LogP contribution in [0.3, 0.4) is 0 Å². The molecular weight excluding hydrogens is 382 g/mol. The van der Waals surface area contributed by atoms with Crippen molar-refractivity contribution in [3.05, 3.63) is 63.2 Å². The lowest BCUT2D eigenvalue weighted by Gasteiger charge is -2.45. The second-order valence-electron chi connectivity index (χ2n) is 9.03. The van der Waals surface area contributed by atoms with Gasteiger partial charge in [-0.15, -0.1) is 0 Å². The van der Waals surface area contributed by atoms with Crippen molar-refractivity contribution in [3.63, 3.8) is 0 Å². The number of fused-ring (bicyclic) bond motifs is 5. The fourth-order valence-electron chi connectivity index (χ4n) is 5.68. The monoisotopic (exact) mass is 407 g/mol. The number of aryl methyl sites for hydroxylation is 1. The van der Waals surface area contributed by atoms with Gasteiger partial charge in [0.25, 0.3) is 5.69 Å². The summed E-state index contributed by atoms with van der Waals surface area (Å²) < 4.78 is 6.69. The summed E-state index contributed by atoms with van der Waals surface area (Å²) in [5.41, 5.74) is 3.01. The first kappa shape index (κ1) is 18.9. The molecule has 3 atom stereocenters. The van der Waals surface area contributed by atoms with Crippen LogP contribution in [0, 0.1) is 17.0 Å². The number of carbonyl (C=O) groups is 1. The summed E-state index contributed by atoms with van der Waals surface area (Å²) in [5.74, 6) is 0.372. The highest BCUT2D eigenvalue weighted by Gasteiger charge is 2.70. The summed E-state index contributed by atoms with van der Waals surface area (Å²) in [4.78, 5) is 26.4. The number of carbonyl (C=O) groups excluding carboxylic acids is 1. The molecule has 1 saturated heterocycles. The third-order valence-corrected chi connectivity index (χ3v) is 7.11. The van der Waals surface area contributed by atoms with Crippen LogP contribution in [0.15, 0.2) is 36.4 Å². The predicted molar refractivity (Wildman–Crippen MR) is 113 cm³/mol. The average molecular weight is 407 g/mol. The zero-order valence-electron chi connectivity index (χ0n) is 17.6. The maximum atomic E-state index is 13.3. The van der Waals surface area contributed by atoms with Gasteiger partial charge >= 0.3 is 0 Å². The minimum absolute atomic E-state index is 0.0188. The van der Waals surface area contributed by atoms with Crippen molar-refractivity contribution in [1.82, 2.24) is 5.32 Å². The van der Waals surface area contributed by atoms with Gasteiger partial charge in [-0.05, 0) is 45.4 Å². The molecule has 7 heteroatoms. The van der Waals surface area contributed by atoms with Gasteiger partial charge in [0, 0.05) is 42.3 Å². The van der Waals surface area contributed by atoms with Crippen LogP contribution in [0.5, 0.6) is 5.75 Å². The van der Waals surface area contributed by atoms with E-state index in [1.54, 1.807) is 12.1 Å². The molecule has 156 valence electrons. The SMILES string of the molecule is CCNC(=O)[C@@H]1[C@H]2C[C@]3(Oc4ccc([N+](=O)[O-])cc42)N1c1ccc(C)cc1C3(C)C. The molecule has 2 aromatic carbocycles. The van der Waals surface area contributed by atoms with Gasteiger partial charge in [-0.3, -0.25) is 14.9 Å². The fourth-order valence-corrected chi connectivity index (χ4v) is 5.68. The van der Waals surface area contributed by atoms with E-state index >= 15 is 0 Å². The Bertz CT molecular complexity index is 1100. The Labute approximate surface area is 175 Å². The Morgan fingerprint density at radius 2 is 2.07 bits per heavy atom. The first-order chi connectivity index (χ1) is 14.2. The summed E-state index contributed by atoms with van der Waals surface area (Å²) in [7, 11) is 0. The number of nitrogens with zero attached hydrogens (tertiary/aromatic N) is 2. The molecule has 7 nitrogen and oxygen atoms in total. The van der Waals surface area contributed by atoms with Crippen molar-refractivity contribution in [2.24, 2.45) is 0 Å². The fraction of sp³-hybridized carbons (Fsp3) is 0.435. The molecule has 30 heavy (non-hydrogen) atoms. The molecule has 3 heterocycles. The lowest BCUT2D eigenvalue weighted by Crippen LogP contribution is -2.59. The van der Waals surface area contributed by atoms with Crippen LogP contribution in [0.25, 0.3) is 0 Å². The van der Waals surface area contributed by atoms with Crippen LogP contribution >= 0.6 is 0 Å². The Hall–Kier alpha value is -3.09. The number of hydrogen-bond acceptors (Lipinski definition) is 5. The topological polar surface area (TPSA) is 84.7 Å². The number of likely N-dealkylation sites (N-methyl/N-ethyl adjacent to an activating group) is 1. The molecule has 0 aliphatic carbocycles. The molecule has 1 fully saturated rings. The minimum atomic E-state index is -0.716. The first-order valence-corrected chi connectivity index (χ1v) is 10.4. The number of amides is 1. The molecule has 2 bridgehead atoms. The smallest absolute Gasteiger partial charge is 0.269 e. The molecule has 0 radical (unpaired) electrons. The molecule has 0 aromatic heterocycles. The largest absolute Gasteiger partial charge is 0.467 e. The Balaban J connectivity index is 1.75. The highest BCUT2D eigenvalue weighted by molar-refractivity contribution is 5.90. The lowest BCUT2D eigenvalue weighted by molar-refractivity contribution is -0.385. The Kier molecular flexibility index (Phi) is 3.76. The minimum Gasteiger partial charge on any atom is -0.467 e. The molecule has 0 unspecified atom stereocenters. The van der Waals surface area contributed by atoms with Gasteiger partial charge in [0.1, 0.15) is 11.8 Å².